The molecule has 6 heteroatoms. The Hall–Kier alpha value is -2.86. The van der Waals surface area contributed by atoms with Crippen LogP contribution in [0.3, 0.4) is 0 Å². The molecule has 0 radical (unpaired) electrons. The Balaban J connectivity index is 1.14. The first kappa shape index (κ1) is 22.0. The smallest absolute Gasteiger partial charge is 0.254 e. The lowest BCUT2D eigenvalue weighted by Gasteiger charge is -2.30. The van der Waals surface area contributed by atoms with E-state index in [0.717, 1.165) is 67.9 Å². The number of likely N-dealkylation sites (tertiary alicyclic amines) is 3. The van der Waals surface area contributed by atoms with E-state index >= 15 is 0 Å². The van der Waals surface area contributed by atoms with Crippen LogP contribution in [-0.2, 0) is 6.61 Å². The third kappa shape index (κ3) is 5.06. The maximum atomic E-state index is 13.1. The molecule has 0 aliphatic carbocycles. The van der Waals surface area contributed by atoms with Crippen molar-refractivity contribution in [1.29, 1.82) is 0 Å². The highest BCUT2D eigenvalue weighted by Gasteiger charge is 2.31. The maximum Gasteiger partial charge on any atom is 0.254 e. The van der Waals surface area contributed by atoms with Gasteiger partial charge in [0.15, 0.2) is 0 Å². The standard InChI is InChI=1S/C27H33N3O3/c31-26(29-16-4-17-29)22-8-6-21(7-9-22)20-33-25-12-10-23(11-13-25)27(32)30-18-3-5-24(30)19-28-14-1-2-15-28/h6-13,24H,1-5,14-20H2/t24-/m0/s1. The lowest BCUT2D eigenvalue weighted by Crippen LogP contribution is -2.42. The average Bonchev–Trinajstić information content (AvgIpc) is 3.49. The Morgan fingerprint density at radius 1 is 0.758 bits per heavy atom. The van der Waals surface area contributed by atoms with Crippen molar-refractivity contribution in [1.82, 2.24) is 14.7 Å². The minimum atomic E-state index is 0.106. The highest BCUT2D eigenvalue weighted by molar-refractivity contribution is 5.95. The second-order valence-electron chi connectivity index (χ2n) is 9.46. The molecule has 3 aliphatic heterocycles. The molecule has 0 saturated carbocycles. The van der Waals surface area contributed by atoms with Gasteiger partial charge in [-0.25, -0.2) is 0 Å². The van der Waals surface area contributed by atoms with E-state index in [-0.39, 0.29) is 11.8 Å². The molecule has 3 fully saturated rings. The molecule has 2 amide bonds. The highest BCUT2D eigenvalue weighted by Crippen LogP contribution is 2.24. The molecular formula is C27H33N3O3. The van der Waals surface area contributed by atoms with Crippen LogP contribution < -0.4 is 4.74 Å². The average molecular weight is 448 g/mol. The van der Waals surface area contributed by atoms with Crippen LogP contribution in [0.5, 0.6) is 5.75 Å². The number of amides is 2. The van der Waals surface area contributed by atoms with Crippen LogP contribution in [0.15, 0.2) is 48.5 Å². The fourth-order valence-electron chi connectivity index (χ4n) is 5.03. The van der Waals surface area contributed by atoms with E-state index in [1.165, 1.54) is 25.9 Å². The van der Waals surface area contributed by atoms with E-state index in [2.05, 4.69) is 9.80 Å². The van der Waals surface area contributed by atoms with Gasteiger partial charge in [0.05, 0.1) is 0 Å². The van der Waals surface area contributed by atoms with Gasteiger partial charge < -0.3 is 19.4 Å². The van der Waals surface area contributed by atoms with Crippen LogP contribution in [-0.4, -0.2) is 71.8 Å². The second-order valence-corrected chi connectivity index (χ2v) is 9.46. The minimum Gasteiger partial charge on any atom is -0.489 e. The van der Waals surface area contributed by atoms with Gasteiger partial charge >= 0.3 is 0 Å². The van der Waals surface area contributed by atoms with Gasteiger partial charge in [-0.3, -0.25) is 9.59 Å². The first-order valence-corrected chi connectivity index (χ1v) is 12.3. The van der Waals surface area contributed by atoms with E-state index in [4.69, 9.17) is 4.74 Å². The lowest BCUT2D eigenvalue weighted by molar-refractivity contribution is 0.0651. The van der Waals surface area contributed by atoms with Crippen molar-refractivity contribution >= 4 is 11.8 Å². The highest BCUT2D eigenvalue weighted by atomic mass is 16.5. The number of carbonyl (C=O) groups is 2. The van der Waals surface area contributed by atoms with E-state index in [9.17, 15) is 9.59 Å². The summed E-state index contributed by atoms with van der Waals surface area (Å²) in [4.78, 5) is 31.8. The van der Waals surface area contributed by atoms with Crippen molar-refractivity contribution < 1.29 is 14.3 Å². The summed E-state index contributed by atoms with van der Waals surface area (Å²) in [6.07, 6.45) is 5.85. The SMILES string of the molecule is O=C(c1ccc(COc2ccc(C(=O)N3CCC[C@H]3CN3CCCC3)cc2)cc1)N1CCC1. The zero-order valence-electron chi connectivity index (χ0n) is 19.2. The number of carbonyl (C=O) groups excluding carboxylic acids is 2. The molecule has 33 heavy (non-hydrogen) atoms. The van der Waals surface area contributed by atoms with Crippen molar-refractivity contribution in [2.45, 2.75) is 44.8 Å². The van der Waals surface area contributed by atoms with Crippen molar-refractivity contribution in [2.75, 3.05) is 39.3 Å². The minimum absolute atomic E-state index is 0.106. The summed E-state index contributed by atoms with van der Waals surface area (Å²) >= 11 is 0. The Morgan fingerprint density at radius 2 is 1.42 bits per heavy atom. The number of hydrogen-bond acceptors (Lipinski definition) is 4. The molecule has 5 rings (SSSR count). The number of benzene rings is 2. The number of hydrogen-bond donors (Lipinski definition) is 0. The van der Waals surface area contributed by atoms with Crippen molar-refractivity contribution in [3.8, 4) is 5.75 Å². The molecule has 6 nitrogen and oxygen atoms in total. The van der Waals surface area contributed by atoms with Gasteiger partial charge in [0.25, 0.3) is 11.8 Å². The summed E-state index contributed by atoms with van der Waals surface area (Å²) < 4.78 is 5.92. The topological polar surface area (TPSA) is 53.1 Å². The van der Waals surface area contributed by atoms with Gasteiger partial charge in [0.2, 0.25) is 0 Å². The van der Waals surface area contributed by atoms with Crippen molar-refractivity contribution in [3.05, 3.63) is 65.2 Å². The molecule has 0 unspecified atom stereocenters. The van der Waals surface area contributed by atoms with E-state index in [1.54, 1.807) is 0 Å². The van der Waals surface area contributed by atoms with E-state index < -0.39 is 0 Å². The molecule has 1 atom stereocenters. The van der Waals surface area contributed by atoms with Gasteiger partial charge in [-0.05, 0) is 87.2 Å². The second kappa shape index (κ2) is 9.96. The Kier molecular flexibility index (Phi) is 6.63. The largest absolute Gasteiger partial charge is 0.489 e. The number of ether oxygens (including phenoxy) is 1. The number of rotatable bonds is 7. The fraction of sp³-hybridized carbons (Fsp3) is 0.481. The molecule has 0 spiro atoms. The van der Waals surface area contributed by atoms with Gasteiger partial charge in [0.1, 0.15) is 12.4 Å². The molecule has 174 valence electrons. The summed E-state index contributed by atoms with van der Waals surface area (Å²) in [5.74, 6) is 0.975. The van der Waals surface area contributed by atoms with Crippen molar-refractivity contribution in [3.63, 3.8) is 0 Å². The lowest BCUT2D eigenvalue weighted by atomic mass is 10.1. The summed E-state index contributed by atoms with van der Waals surface area (Å²) in [5.41, 5.74) is 2.47. The zero-order valence-corrected chi connectivity index (χ0v) is 19.2. The molecule has 3 aliphatic rings. The first-order valence-electron chi connectivity index (χ1n) is 12.3. The summed E-state index contributed by atoms with van der Waals surface area (Å²) in [6, 6.07) is 15.5. The van der Waals surface area contributed by atoms with Crippen LogP contribution in [0.25, 0.3) is 0 Å². The first-order chi connectivity index (χ1) is 16.2. The van der Waals surface area contributed by atoms with Crippen LogP contribution >= 0.6 is 0 Å². The molecule has 0 N–H and O–H groups in total. The Morgan fingerprint density at radius 3 is 2.09 bits per heavy atom. The third-order valence-electron chi connectivity index (χ3n) is 7.16. The fourth-order valence-corrected chi connectivity index (χ4v) is 5.03. The molecular weight excluding hydrogens is 414 g/mol. The third-order valence-corrected chi connectivity index (χ3v) is 7.16. The Bertz CT molecular complexity index is 963. The molecule has 2 aromatic rings. The van der Waals surface area contributed by atoms with Crippen molar-refractivity contribution in [2.24, 2.45) is 0 Å². The molecule has 3 saturated heterocycles. The molecule has 2 aromatic carbocycles. The van der Waals surface area contributed by atoms with Crippen LogP contribution in [0, 0.1) is 0 Å². The van der Waals surface area contributed by atoms with Crippen LogP contribution in [0.4, 0.5) is 0 Å². The van der Waals surface area contributed by atoms with Gasteiger partial charge in [0, 0.05) is 43.3 Å². The predicted octanol–water partition coefficient (Wildman–Crippen LogP) is 3.81. The van der Waals surface area contributed by atoms with E-state index in [1.807, 2.05) is 53.4 Å². The number of nitrogens with zero attached hydrogens (tertiary/aromatic N) is 3. The normalized spacial score (nSPS) is 20.7. The quantitative estimate of drug-likeness (QED) is 0.648. The van der Waals surface area contributed by atoms with Gasteiger partial charge in [-0.15, -0.1) is 0 Å². The summed E-state index contributed by atoms with van der Waals surface area (Å²) in [5, 5.41) is 0. The zero-order chi connectivity index (χ0) is 22.6. The van der Waals surface area contributed by atoms with Gasteiger partial charge in [-0.2, -0.15) is 0 Å². The van der Waals surface area contributed by atoms with Crippen LogP contribution in [0.1, 0.15) is 58.4 Å². The molecule has 0 aromatic heterocycles. The monoisotopic (exact) mass is 447 g/mol. The molecule has 0 bridgehead atoms. The van der Waals surface area contributed by atoms with Gasteiger partial charge in [-0.1, -0.05) is 12.1 Å². The predicted molar refractivity (Wildman–Crippen MR) is 127 cm³/mol. The molecule has 3 heterocycles. The van der Waals surface area contributed by atoms with E-state index in [0.29, 0.717) is 12.6 Å². The summed E-state index contributed by atoms with van der Waals surface area (Å²) in [7, 11) is 0. The Labute approximate surface area is 196 Å². The summed E-state index contributed by atoms with van der Waals surface area (Å²) in [6.45, 7) is 6.35. The van der Waals surface area contributed by atoms with Crippen LogP contribution in [0.2, 0.25) is 0 Å². The maximum absolute atomic E-state index is 13.1.